The molecule has 0 aromatic carbocycles. The molecule has 0 radical (unpaired) electrons. The van der Waals surface area contributed by atoms with E-state index in [1.807, 2.05) is 6.92 Å². The molecule has 0 heterocycles. The van der Waals surface area contributed by atoms with Gasteiger partial charge in [-0.2, -0.15) is 0 Å². The number of aliphatic hydroxyl groups is 1. The molecule has 28 heavy (non-hydrogen) atoms. The largest absolute Gasteiger partial charge is 1.00 e. The molecule has 0 aliphatic rings. The van der Waals surface area contributed by atoms with Crippen LogP contribution in [-0.4, -0.2) is 29.4 Å². The Hall–Kier alpha value is 1.51. The summed E-state index contributed by atoms with van der Waals surface area (Å²) in [6.45, 7) is 4.20. The van der Waals surface area contributed by atoms with Crippen LogP contribution in [0.2, 0.25) is 0 Å². The van der Waals surface area contributed by atoms with Crippen molar-refractivity contribution in [2.75, 3.05) is 0 Å². The van der Waals surface area contributed by atoms with Crippen LogP contribution in [0.1, 0.15) is 129 Å². The first-order valence-electron chi connectivity index (χ1n) is 11.5. The number of unbranched alkanes of at least 4 members (excludes halogenated alkanes) is 12. The third-order valence-corrected chi connectivity index (χ3v) is 6.86. The van der Waals surface area contributed by atoms with Crippen molar-refractivity contribution in [1.29, 1.82) is 0 Å². The van der Waals surface area contributed by atoms with Crippen LogP contribution in [0.3, 0.4) is 0 Å². The molecule has 0 aromatic rings. The van der Waals surface area contributed by atoms with Crippen molar-refractivity contribution in [2.24, 2.45) is 0 Å². The van der Waals surface area contributed by atoms with Crippen LogP contribution in [0.25, 0.3) is 0 Å². The summed E-state index contributed by atoms with van der Waals surface area (Å²) in [7, 11) is -4.18. The standard InChI is InChI=1S/C22H46O4S.K/c1-3-5-6-7-8-9-10-11-12-16-19-22(27(24,25)26)20-17-14-13-15-18-21(23)4-2;/h21-23H,3-20H2,1-2H3,(H,24,25,26);/q;+1/p-1. The second-order valence-electron chi connectivity index (χ2n) is 8.14. The molecule has 0 bridgehead atoms. The molecule has 0 amide bonds. The minimum atomic E-state index is -4.18. The van der Waals surface area contributed by atoms with E-state index < -0.39 is 15.4 Å². The first-order valence-corrected chi connectivity index (χ1v) is 13.0. The van der Waals surface area contributed by atoms with Gasteiger partial charge in [0.25, 0.3) is 0 Å². The molecular formula is C22H45KO4S. The molecule has 0 aliphatic heterocycles. The van der Waals surface area contributed by atoms with Crippen LogP contribution < -0.4 is 51.4 Å². The van der Waals surface area contributed by atoms with Crippen molar-refractivity contribution in [2.45, 2.75) is 141 Å². The number of hydrogen-bond donors (Lipinski definition) is 1. The van der Waals surface area contributed by atoms with Crippen molar-refractivity contribution in [3.8, 4) is 0 Å². The van der Waals surface area contributed by atoms with E-state index in [0.717, 1.165) is 57.8 Å². The molecule has 164 valence electrons. The van der Waals surface area contributed by atoms with Gasteiger partial charge in [0.05, 0.1) is 16.2 Å². The van der Waals surface area contributed by atoms with E-state index in [-0.39, 0.29) is 57.5 Å². The summed E-state index contributed by atoms with van der Waals surface area (Å²) in [5.41, 5.74) is 0. The van der Waals surface area contributed by atoms with Gasteiger partial charge < -0.3 is 9.66 Å². The normalized spacial score (nSPS) is 13.9. The van der Waals surface area contributed by atoms with E-state index in [0.29, 0.717) is 12.8 Å². The minimum Gasteiger partial charge on any atom is -0.748 e. The van der Waals surface area contributed by atoms with Gasteiger partial charge in [0.1, 0.15) is 0 Å². The van der Waals surface area contributed by atoms with Gasteiger partial charge in [0, 0.05) is 5.25 Å². The van der Waals surface area contributed by atoms with Crippen LogP contribution in [-0.2, 0) is 10.1 Å². The topological polar surface area (TPSA) is 77.4 Å². The SMILES string of the molecule is CCCCCCCCCCCCC(CCCCCCC(O)CC)S(=O)(=O)[O-].[K+]. The van der Waals surface area contributed by atoms with E-state index in [4.69, 9.17) is 0 Å². The Morgan fingerprint density at radius 1 is 0.679 bits per heavy atom. The monoisotopic (exact) mass is 444 g/mol. The summed E-state index contributed by atoms with van der Waals surface area (Å²) in [4.78, 5) is 0. The van der Waals surface area contributed by atoms with Crippen LogP contribution in [0, 0.1) is 0 Å². The second kappa shape index (κ2) is 21.7. The Balaban J connectivity index is 0. The van der Waals surface area contributed by atoms with Crippen molar-refractivity contribution in [3.63, 3.8) is 0 Å². The van der Waals surface area contributed by atoms with Gasteiger partial charge in [-0.25, -0.2) is 8.42 Å². The van der Waals surface area contributed by atoms with Crippen molar-refractivity contribution < 1.29 is 69.5 Å². The van der Waals surface area contributed by atoms with Crippen LogP contribution in [0.15, 0.2) is 0 Å². The van der Waals surface area contributed by atoms with Gasteiger partial charge in [-0.3, -0.25) is 0 Å². The van der Waals surface area contributed by atoms with Gasteiger partial charge in [0.2, 0.25) is 0 Å². The zero-order valence-corrected chi connectivity index (χ0v) is 22.9. The van der Waals surface area contributed by atoms with Crippen molar-refractivity contribution in [1.82, 2.24) is 0 Å². The summed E-state index contributed by atoms with van der Waals surface area (Å²) >= 11 is 0. The molecule has 0 rings (SSSR count). The fourth-order valence-electron chi connectivity index (χ4n) is 3.60. The Bertz CT molecular complexity index is 415. The molecule has 2 unspecified atom stereocenters. The van der Waals surface area contributed by atoms with E-state index >= 15 is 0 Å². The first kappa shape index (κ1) is 31.7. The van der Waals surface area contributed by atoms with Gasteiger partial charge >= 0.3 is 51.4 Å². The zero-order valence-electron chi connectivity index (χ0n) is 19.0. The fraction of sp³-hybridized carbons (Fsp3) is 1.00. The quantitative estimate of drug-likeness (QED) is 0.177. The van der Waals surface area contributed by atoms with E-state index in [9.17, 15) is 18.1 Å². The van der Waals surface area contributed by atoms with Crippen LogP contribution >= 0.6 is 0 Å². The Morgan fingerprint density at radius 3 is 1.39 bits per heavy atom. The molecule has 2 atom stereocenters. The van der Waals surface area contributed by atoms with Crippen LogP contribution in [0.5, 0.6) is 0 Å². The Labute approximate surface area is 218 Å². The summed E-state index contributed by atoms with van der Waals surface area (Å²) in [5, 5.41) is 8.81. The molecule has 4 nitrogen and oxygen atoms in total. The maximum Gasteiger partial charge on any atom is 1.00 e. The average Bonchev–Trinajstić information content (AvgIpc) is 2.62. The molecule has 0 saturated heterocycles. The van der Waals surface area contributed by atoms with Gasteiger partial charge in [-0.1, -0.05) is 104 Å². The molecular weight excluding hydrogens is 399 g/mol. The van der Waals surface area contributed by atoms with Crippen molar-refractivity contribution >= 4 is 10.1 Å². The number of rotatable bonds is 20. The van der Waals surface area contributed by atoms with Gasteiger partial charge in [-0.05, 0) is 25.7 Å². The summed E-state index contributed by atoms with van der Waals surface area (Å²) < 4.78 is 34.4. The predicted molar refractivity (Wildman–Crippen MR) is 114 cm³/mol. The molecule has 6 heteroatoms. The number of hydrogen-bond acceptors (Lipinski definition) is 4. The number of aliphatic hydroxyl groups excluding tert-OH is 1. The van der Waals surface area contributed by atoms with Gasteiger partial charge in [0.15, 0.2) is 0 Å². The molecule has 0 fully saturated rings. The summed E-state index contributed by atoms with van der Waals surface area (Å²) in [5.74, 6) is 0. The smallest absolute Gasteiger partial charge is 0.748 e. The fourth-order valence-corrected chi connectivity index (χ4v) is 4.51. The molecule has 0 spiro atoms. The maximum absolute atomic E-state index is 11.5. The van der Waals surface area contributed by atoms with E-state index in [2.05, 4.69) is 6.92 Å². The summed E-state index contributed by atoms with van der Waals surface area (Å²) in [6, 6.07) is 0. The Kier molecular flexibility index (Phi) is 24.6. The minimum absolute atomic E-state index is 0. The van der Waals surface area contributed by atoms with Gasteiger partial charge in [-0.15, -0.1) is 0 Å². The molecule has 1 N–H and O–H groups in total. The molecule has 0 aliphatic carbocycles. The van der Waals surface area contributed by atoms with Crippen molar-refractivity contribution in [3.05, 3.63) is 0 Å². The third kappa shape index (κ3) is 20.8. The van der Waals surface area contributed by atoms with Crippen LogP contribution in [0.4, 0.5) is 0 Å². The third-order valence-electron chi connectivity index (χ3n) is 5.57. The second-order valence-corrected chi connectivity index (χ2v) is 9.79. The van der Waals surface area contributed by atoms with E-state index in [1.165, 1.54) is 44.9 Å². The Morgan fingerprint density at radius 2 is 1.04 bits per heavy atom. The average molecular weight is 445 g/mol. The molecule has 0 aromatic heterocycles. The zero-order chi connectivity index (χ0) is 20.4. The maximum atomic E-state index is 11.5. The van der Waals surface area contributed by atoms with E-state index in [1.54, 1.807) is 0 Å². The predicted octanol–water partition coefficient (Wildman–Crippen LogP) is 3.33. The first-order chi connectivity index (χ1) is 12.9. The summed E-state index contributed by atoms with van der Waals surface area (Å²) in [6.07, 6.45) is 18.3. The molecule has 0 saturated carbocycles.